The average Bonchev–Trinajstić information content (AvgIpc) is 2.60. The number of aromatic nitrogens is 1. The molecule has 7 heteroatoms. The molecule has 1 aromatic carbocycles. The fourth-order valence-electron chi connectivity index (χ4n) is 1.25. The van der Waals surface area contributed by atoms with Crippen molar-refractivity contribution in [3.8, 4) is 11.3 Å². The third-order valence-electron chi connectivity index (χ3n) is 2.01. The zero-order valence-electron chi connectivity index (χ0n) is 8.08. The Morgan fingerprint density at radius 2 is 2.12 bits per heavy atom. The largest absolute Gasteiger partial charge is 0.476 e. The highest BCUT2D eigenvalue weighted by Gasteiger charge is 2.22. The van der Waals surface area contributed by atoms with Crippen LogP contribution >= 0.6 is 15.9 Å². The molecule has 1 N–H and O–H groups in total. The van der Waals surface area contributed by atoms with Crippen LogP contribution < -0.4 is 0 Å². The van der Waals surface area contributed by atoms with E-state index in [1.807, 2.05) is 0 Å². The second-order valence-electron chi connectivity index (χ2n) is 3.10. The van der Waals surface area contributed by atoms with Gasteiger partial charge in [0.1, 0.15) is 16.1 Å². The molecule has 0 aliphatic rings. The minimum Gasteiger partial charge on any atom is -0.476 e. The lowest BCUT2D eigenvalue weighted by Crippen LogP contribution is -1.96. The first-order valence-corrected chi connectivity index (χ1v) is 5.14. The number of hydrogen-bond donors (Lipinski definition) is 1. The summed E-state index contributed by atoms with van der Waals surface area (Å²) in [7, 11) is 0. The Hall–Kier alpha value is -1.76. The highest BCUT2D eigenvalue weighted by Crippen LogP contribution is 2.32. The van der Waals surface area contributed by atoms with Crippen molar-refractivity contribution in [2.24, 2.45) is 0 Å². The predicted octanol–water partition coefficient (Wildman–Crippen LogP) is 3.08. The highest BCUT2D eigenvalue weighted by atomic mass is 79.9. The van der Waals surface area contributed by atoms with Crippen molar-refractivity contribution in [1.29, 1.82) is 0 Å². The maximum atomic E-state index is 13.4. The molecule has 88 valence electrons. The summed E-state index contributed by atoms with van der Waals surface area (Å²) in [4.78, 5) is 10.7. The van der Waals surface area contributed by atoms with Crippen molar-refractivity contribution in [2.75, 3.05) is 0 Å². The third-order valence-corrected chi connectivity index (χ3v) is 2.75. The third kappa shape index (κ3) is 2.05. The number of nitrogens with zero attached hydrogens (tertiary/aromatic N) is 1. The number of rotatable bonds is 2. The molecule has 0 atom stereocenters. The average molecular weight is 304 g/mol. The van der Waals surface area contributed by atoms with E-state index < -0.39 is 17.6 Å². The van der Waals surface area contributed by atoms with Crippen LogP contribution in [0.5, 0.6) is 0 Å². The fourth-order valence-corrected chi connectivity index (χ4v) is 1.78. The maximum absolute atomic E-state index is 13.4. The smallest absolute Gasteiger partial charge is 0.359 e. The number of aromatic carboxylic acids is 1. The summed E-state index contributed by atoms with van der Waals surface area (Å²) >= 11 is 2.94. The maximum Gasteiger partial charge on any atom is 0.359 e. The first-order chi connectivity index (χ1) is 8.00. The fraction of sp³-hybridized carbons (Fsp3) is 0. The van der Waals surface area contributed by atoms with E-state index in [1.165, 1.54) is 0 Å². The Bertz CT molecular complexity index is 597. The van der Waals surface area contributed by atoms with Crippen molar-refractivity contribution >= 4 is 21.9 Å². The number of carboxylic acids is 1. The van der Waals surface area contributed by atoms with E-state index in [-0.39, 0.29) is 21.5 Å². The molecule has 0 bridgehead atoms. The molecule has 17 heavy (non-hydrogen) atoms. The molecule has 0 saturated carbocycles. The van der Waals surface area contributed by atoms with Crippen LogP contribution in [0.4, 0.5) is 8.78 Å². The predicted molar refractivity (Wildman–Crippen MR) is 56.5 cm³/mol. The molecule has 0 aliphatic heterocycles. The van der Waals surface area contributed by atoms with Gasteiger partial charge in [0.05, 0.1) is 5.56 Å². The lowest BCUT2D eigenvalue weighted by molar-refractivity contribution is 0.0685. The van der Waals surface area contributed by atoms with Gasteiger partial charge in [0.15, 0.2) is 5.76 Å². The van der Waals surface area contributed by atoms with Crippen molar-refractivity contribution < 1.29 is 23.2 Å². The van der Waals surface area contributed by atoms with Crippen molar-refractivity contribution in [3.63, 3.8) is 0 Å². The standard InChI is InChI=1S/C10H4BrF2NO3/c11-7-8(10(15)16)14-17-9(7)5-2-1-4(12)3-6(5)13/h1-3H,(H,15,16). The molecule has 0 unspecified atom stereocenters. The summed E-state index contributed by atoms with van der Waals surface area (Å²) in [5.74, 6) is -3.01. The molecule has 0 radical (unpaired) electrons. The van der Waals surface area contributed by atoms with Crippen molar-refractivity contribution in [1.82, 2.24) is 5.16 Å². The van der Waals surface area contributed by atoms with Crippen LogP contribution in [-0.4, -0.2) is 16.2 Å². The number of halogens is 3. The lowest BCUT2D eigenvalue weighted by atomic mass is 10.1. The van der Waals surface area contributed by atoms with Gasteiger partial charge in [-0.15, -0.1) is 0 Å². The second-order valence-corrected chi connectivity index (χ2v) is 3.90. The zero-order chi connectivity index (χ0) is 12.6. The van der Waals surface area contributed by atoms with Gasteiger partial charge in [-0.25, -0.2) is 13.6 Å². The summed E-state index contributed by atoms with van der Waals surface area (Å²) in [6, 6.07) is 2.85. The van der Waals surface area contributed by atoms with Gasteiger partial charge in [-0.05, 0) is 28.1 Å². The number of carboxylic acid groups (broad SMARTS) is 1. The molecule has 1 aromatic heterocycles. The minimum absolute atomic E-state index is 0.00973. The lowest BCUT2D eigenvalue weighted by Gasteiger charge is -1.98. The summed E-state index contributed by atoms with van der Waals surface area (Å²) < 4.78 is 30.9. The van der Waals surface area contributed by atoms with Crippen LogP contribution in [0.1, 0.15) is 10.5 Å². The molecular formula is C10H4BrF2NO3. The van der Waals surface area contributed by atoms with E-state index in [9.17, 15) is 13.6 Å². The topological polar surface area (TPSA) is 63.3 Å². The Balaban J connectivity index is 2.57. The molecule has 0 aliphatic carbocycles. The van der Waals surface area contributed by atoms with Crippen LogP contribution in [0.25, 0.3) is 11.3 Å². The summed E-state index contributed by atoms with van der Waals surface area (Å²) in [6.07, 6.45) is 0. The summed E-state index contributed by atoms with van der Waals surface area (Å²) in [6.45, 7) is 0. The molecule has 0 fully saturated rings. The van der Waals surface area contributed by atoms with E-state index >= 15 is 0 Å². The number of carbonyl (C=O) groups is 1. The van der Waals surface area contributed by atoms with Gasteiger partial charge in [-0.1, -0.05) is 5.16 Å². The number of hydrogen-bond acceptors (Lipinski definition) is 3. The molecule has 4 nitrogen and oxygen atoms in total. The normalized spacial score (nSPS) is 10.5. The van der Waals surface area contributed by atoms with Gasteiger partial charge >= 0.3 is 5.97 Å². The van der Waals surface area contributed by atoms with Gasteiger partial charge in [-0.2, -0.15) is 0 Å². The van der Waals surface area contributed by atoms with E-state index in [4.69, 9.17) is 9.63 Å². The molecule has 2 rings (SSSR count). The van der Waals surface area contributed by atoms with E-state index in [1.54, 1.807) is 0 Å². The monoisotopic (exact) mass is 303 g/mol. The number of benzene rings is 1. The van der Waals surface area contributed by atoms with Gasteiger partial charge in [-0.3, -0.25) is 0 Å². The summed E-state index contributed by atoms with van der Waals surface area (Å²) in [5.41, 5.74) is -0.443. The van der Waals surface area contributed by atoms with Crippen LogP contribution in [0.3, 0.4) is 0 Å². The Kier molecular flexibility index (Phi) is 2.93. The molecule has 1 heterocycles. The Labute approximate surface area is 102 Å². The minimum atomic E-state index is -1.31. The molecular weight excluding hydrogens is 300 g/mol. The van der Waals surface area contributed by atoms with Crippen LogP contribution in [-0.2, 0) is 0 Å². The zero-order valence-corrected chi connectivity index (χ0v) is 9.66. The van der Waals surface area contributed by atoms with Crippen LogP contribution in [0, 0.1) is 11.6 Å². The van der Waals surface area contributed by atoms with E-state index in [0.717, 1.165) is 12.1 Å². The highest BCUT2D eigenvalue weighted by molar-refractivity contribution is 9.10. The first kappa shape index (κ1) is 11.7. The molecule has 2 aromatic rings. The van der Waals surface area contributed by atoms with Gasteiger partial charge < -0.3 is 9.63 Å². The molecule has 0 spiro atoms. The second kappa shape index (κ2) is 4.25. The van der Waals surface area contributed by atoms with Crippen molar-refractivity contribution in [2.45, 2.75) is 0 Å². The van der Waals surface area contributed by atoms with Crippen LogP contribution in [0.15, 0.2) is 27.2 Å². The Morgan fingerprint density at radius 3 is 2.65 bits per heavy atom. The van der Waals surface area contributed by atoms with Crippen LogP contribution in [0.2, 0.25) is 0 Å². The SMILES string of the molecule is O=C(O)c1noc(-c2ccc(F)cc2F)c1Br. The summed E-state index contributed by atoms with van der Waals surface area (Å²) in [5, 5.41) is 12.0. The quantitative estimate of drug-likeness (QED) is 0.926. The van der Waals surface area contributed by atoms with Gasteiger partial charge in [0, 0.05) is 6.07 Å². The van der Waals surface area contributed by atoms with Gasteiger partial charge in [0.2, 0.25) is 5.69 Å². The van der Waals surface area contributed by atoms with E-state index in [0.29, 0.717) is 6.07 Å². The Morgan fingerprint density at radius 1 is 1.41 bits per heavy atom. The molecule has 0 saturated heterocycles. The molecule has 0 amide bonds. The first-order valence-electron chi connectivity index (χ1n) is 4.34. The van der Waals surface area contributed by atoms with Crippen molar-refractivity contribution in [3.05, 3.63) is 40.0 Å². The van der Waals surface area contributed by atoms with Gasteiger partial charge in [0.25, 0.3) is 0 Å². The van der Waals surface area contributed by atoms with E-state index in [2.05, 4.69) is 21.1 Å².